The van der Waals surface area contributed by atoms with Crippen LogP contribution in [0.1, 0.15) is 17.0 Å². The number of nitrogen functional groups attached to an aromatic ring is 1. The maximum absolute atomic E-state index is 12.5. The Hall–Kier alpha value is -2.61. The molecular formula is C14H15ClN4O4. The Bertz CT molecular complexity index is 887. The third-order valence-corrected chi connectivity index (χ3v) is 4.05. The summed E-state index contributed by atoms with van der Waals surface area (Å²) < 4.78 is 1.95. The third kappa shape index (κ3) is 2.98. The largest absolute Gasteiger partial charge is 0.385 e. The first kappa shape index (κ1) is 16.8. The van der Waals surface area contributed by atoms with Crippen molar-refractivity contribution in [1.29, 1.82) is 0 Å². The molecule has 2 N–H and O–H groups in total. The van der Waals surface area contributed by atoms with Gasteiger partial charge in [0.25, 0.3) is 5.56 Å². The first-order valence-corrected chi connectivity index (χ1v) is 7.05. The molecule has 1 aromatic heterocycles. The summed E-state index contributed by atoms with van der Waals surface area (Å²) in [5.74, 6) is -1.06. The van der Waals surface area contributed by atoms with Crippen LogP contribution in [0.2, 0.25) is 5.02 Å². The number of hydrogen-bond donors (Lipinski definition) is 1. The normalized spacial score (nSPS) is 12.1. The molecule has 1 heterocycles. The molecule has 0 bridgehead atoms. The molecule has 0 spiro atoms. The fraction of sp³-hybridized carbons (Fsp3) is 0.286. The highest BCUT2D eigenvalue weighted by atomic mass is 35.5. The van der Waals surface area contributed by atoms with Crippen molar-refractivity contribution < 1.29 is 4.92 Å². The van der Waals surface area contributed by atoms with Gasteiger partial charge in [-0.3, -0.25) is 24.0 Å². The summed E-state index contributed by atoms with van der Waals surface area (Å²) in [6, 6.07) is 6.51. The molecule has 0 radical (unpaired) electrons. The molecule has 0 amide bonds. The van der Waals surface area contributed by atoms with E-state index in [-0.39, 0.29) is 16.4 Å². The van der Waals surface area contributed by atoms with Gasteiger partial charge in [-0.15, -0.1) is 0 Å². The van der Waals surface area contributed by atoms with Crippen LogP contribution in [-0.2, 0) is 14.1 Å². The average Bonchev–Trinajstić information content (AvgIpc) is 2.50. The minimum atomic E-state index is -0.954. The Labute approximate surface area is 135 Å². The van der Waals surface area contributed by atoms with Crippen LogP contribution in [0, 0.1) is 10.1 Å². The summed E-state index contributed by atoms with van der Waals surface area (Å²) in [6.07, 6.45) is 0. The van der Waals surface area contributed by atoms with E-state index in [1.807, 2.05) is 0 Å². The fourth-order valence-corrected chi connectivity index (χ4v) is 2.73. The number of anilines is 1. The van der Waals surface area contributed by atoms with Gasteiger partial charge < -0.3 is 5.73 Å². The topological polar surface area (TPSA) is 113 Å². The van der Waals surface area contributed by atoms with Crippen LogP contribution in [0.3, 0.4) is 0 Å². The summed E-state index contributed by atoms with van der Waals surface area (Å²) in [5.41, 5.74) is 5.03. The monoisotopic (exact) mass is 338 g/mol. The van der Waals surface area contributed by atoms with Crippen molar-refractivity contribution in [2.75, 3.05) is 12.3 Å². The molecule has 8 nitrogen and oxygen atoms in total. The molecule has 0 unspecified atom stereocenters. The number of halogens is 1. The molecular weight excluding hydrogens is 324 g/mol. The lowest BCUT2D eigenvalue weighted by Crippen LogP contribution is -2.42. The zero-order chi connectivity index (χ0) is 17.3. The van der Waals surface area contributed by atoms with Crippen LogP contribution in [0.5, 0.6) is 0 Å². The Kier molecular flexibility index (Phi) is 4.55. The van der Waals surface area contributed by atoms with Crippen LogP contribution >= 0.6 is 11.6 Å². The smallest absolute Gasteiger partial charge is 0.332 e. The van der Waals surface area contributed by atoms with E-state index in [9.17, 15) is 19.7 Å². The second kappa shape index (κ2) is 6.25. The molecule has 23 heavy (non-hydrogen) atoms. The maximum atomic E-state index is 12.5. The second-order valence-corrected chi connectivity index (χ2v) is 5.50. The first-order chi connectivity index (χ1) is 10.8. The Morgan fingerprint density at radius 1 is 1.26 bits per heavy atom. The molecule has 1 atom stereocenters. The lowest BCUT2D eigenvalue weighted by atomic mass is 9.92. The predicted octanol–water partition coefficient (Wildman–Crippen LogP) is 0.728. The van der Waals surface area contributed by atoms with Gasteiger partial charge in [-0.1, -0.05) is 29.8 Å². The van der Waals surface area contributed by atoms with Crippen molar-refractivity contribution in [3.8, 4) is 0 Å². The highest BCUT2D eigenvalue weighted by molar-refractivity contribution is 6.31. The van der Waals surface area contributed by atoms with Crippen LogP contribution in [-0.4, -0.2) is 20.6 Å². The minimum absolute atomic E-state index is 0.0144. The predicted molar refractivity (Wildman–Crippen MR) is 86.5 cm³/mol. The molecule has 0 fully saturated rings. The van der Waals surface area contributed by atoms with Crippen LogP contribution < -0.4 is 17.0 Å². The van der Waals surface area contributed by atoms with E-state index in [1.54, 1.807) is 24.3 Å². The molecule has 9 heteroatoms. The number of nitrogens with zero attached hydrogens (tertiary/aromatic N) is 3. The number of aromatic nitrogens is 2. The van der Waals surface area contributed by atoms with E-state index >= 15 is 0 Å². The third-order valence-electron chi connectivity index (χ3n) is 3.71. The van der Waals surface area contributed by atoms with Crippen LogP contribution in [0.25, 0.3) is 0 Å². The van der Waals surface area contributed by atoms with E-state index in [2.05, 4.69) is 0 Å². The van der Waals surface area contributed by atoms with Crippen molar-refractivity contribution in [1.82, 2.24) is 9.13 Å². The van der Waals surface area contributed by atoms with E-state index in [0.717, 1.165) is 9.13 Å². The molecule has 122 valence electrons. The highest BCUT2D eigenvalue weighted by Gasteiger charge is 2.29. The minimum Gasteiger partial charge on any atom is -0.385 e. The molecule has 0 saturated carbocycles. The fourth-order valence-electron chi connectivity index (χ4n) is 2.47. The van der Waals surface area contributed by atoms with Gasteiger partial charge in [-0.25, -0.2) is 4.79 Å². The summed E-state index contributed by atoms with van der Waals surface area (Å²) >= 11 is 6.13. The van der Waals surface area contributed by atoms with Gasteiger partial charge in [-0.2, -0.15) is 0 Å². The summed E-state index contributed by atoms with van der Waals surface area (Å²) in [4.78, 5) is 34.9. The zero-order valence-electron chi connectivity index (χ0n) is 12.5. The van der Waals surface area contributed by atoms with Crippen molar-refractivity contribution in [3.63, 3.8) is 0 Å². The molecule has 2 rings (SSSR count). The summed E-state index contributed by atoms with van der Waals surface area (Å²) in [6.45, 7) is -0.568. The lowest BCUT2D eigenvalue weighted by Gasteiger charge is -2.19. The van der Waals surface area contributed by atoms with Crippen LogP contribution in [0.4, 0.5) is 5.82 Å². The maximum Gasteiger partial charge on any atom is 0.332 e. The quantitative estimate of drug-likeness (QED) is 0.652. The zero-order valence-corrected chi connectivity index (χ0v) is 13.3. The van der Waals surface area contributed by atoms with Crippen LogP contribution in [0.15, 0.2) is 33.9 Å². The summed E-state index contributed by atoms with van der Waals surface area (Å²) in [5, 5.41) is 11.4. The second-order valence-electron chi connectivity index (χ2n) is 5.09. The Balaban J connectivity index is 2.82. The van der Waals surface area contributed by atoms with Crippen molar-refractivity contribution in [3.05, 3.63) is 71.4 Å². The number of nitrogens with two attached hydrogens (primary N) is 1. The average molecular weight is 339 g/mol. The standard InChI is InChI=1S/C14H15ClN4O4/c1-17-12(16)11(13(20)18(2)14(17)21)9(7-19(22)23)8-5-3-4-6-10(8)15/h3-6,9H,7,16H2,1-2H3/t9-/m1/s1. The first-order valence-electron chi connectivity index (χ1n) is 6.67. The van der Waals surface area contributed by atoms with Gasteiger partial charge in [0, 0.05) is 24.0 Å². The SMILES string of the molecule is Cn1c(N)c([C@H](C[N+](=O)[O-])c2ccccc2Cl)c(=O)n(C)c1=O. The number of benzene rings is 1. The molecule has 2 aromatic rings. The van der Waals surface area contributed by atoms with Gasteiger partial charge in [0.05, 0.1) is 11.5 Å². The number of nitro groups is 1. The van der Waals surface area contributed by atoms with Gasteiger partial charge in [0.15, 0.2) is 0 Å². The summed E-state index contributed by atoms with van der Waals surface area (Å²) in [7, 11) is 2.69. The van der Waals surface area contributed by atoms with Gasteiger partial charge in [-0.05, 0) is 11.6 Å². The molecule has 0 aliphatic rings. The number of hydrogen-bond acceptors (Lipinski definition) is 5. The van der Waals surface area contributed by atoms with E-state index in [1.165, 1.54) is 14.1 Å². The van der Waals surface area contributed by atoms with Gasteiger partial charge in [0.1, 0.15) is 5.82 Å². The molecule has 0 saturated heterocycles. The van der Waals surface area contributed by atoms with Gasteiger partial charge >= 0.3 is 5.69 Å². The molecule has 0 aliphatic heterocycles. The van der Waals surface area contributed by atoms with Crippen molar-refractivity contribution >= 4 is 17.4 Å². The van der Waals surface area contributed by atoms with Gasteiger partial charge in [0.2, 0.25) is 6.54 Å². The highest BCUT2D eigenvalue weighted by Crippen LogP contribution is 2.30. The van der Waals surface area contributed by atoms with E-state index < -0.39 is 28.6 Å². The molecule has 1 aromatic carbocycles. The molecule has 0 aliphatic carbocycles. The van der Waals surface area contributed by atoms with Crippen molar-refractivity contribution in [2.45, 2.75) is 5.92 Å². The van der Waals surface area contributed by atoms with E-state index in [4.69, 9.17) is 17.3 Å². The van der Waals surface area contributed by atoms with E-state index in [0.29, 0.717) is 5.56 Å². The Morgan fingerprint density at radius 2 is 1.87 bits per heavy atom. The number of rotatable bonds is 4. The Morgan fingerprint density at radius 3 is 2.43 bits per heavy atom. The lowest BCUT2D eigenvalue weighted by molar-refractivity contribution is -0.481. The van der Waals surface area contributed by atoms with Crippen molar-refractivity contribution in [2.24, 2.45) is 14.1 Å².